The number of halogens is 3. The van der Waals surface area contributed by atoms with Crippen molar-refractivity contribution in [3.05, 3.63) is 27.7 Å². The van der Waals surface area contributed by atoms with Crippen molar-refractivity contribution in [1.29, 1.82) is 0 Å². The lowest BCUT2D eigenvalue weighted by Crippen LogP contribution is -2.03. The molecule has 1 rings (SSSR count). The van der Waals surface area contributed by atoms with Crippen molar-refractivity contribution in [1.82, 2.24) is 0 Å². The van der Waals surface area contributed by atoms with E-state index >= 15 is 0 Å². The number of alkyl halides is 2. The molecule has 0 aromatic heterocycles. The first kappa shape index (κ1) is 13.1. The van der Waals surface area contributed by atoms with E-state index in [2.05, 4.69) is 15.9 Å². The molecule has 88 valence electrons. The Morgan fingerprint density at radius 1 is 1.50 bits per heavy atom. The molecule has 5 heteroatoms. The van der Waals surface area contributed by atoms with Crippen LogP contribution in [0.15, 0.2) is 16.6 Å². The monoisotopic (exact) mass is 292 g/mol. The number of carbonyl (C=O) groups is 1. The van der Waals surface area contributed by atoms with Gasteiger partial charge in [0.25, 0.3) is 6.43 Å². The third-order valence-electron chi connectivity index (χ3n) is 1.99. The second-order valence-corrected chi connectivity index (χ2v) is 4.02. The number of ether oxygens (including phenoxy) is 1. The molecule has 1 aromatic carbocycles. The van der Waals surface area contributed by atoms with E-state index in [9.17, 15) is 13.6 Å². The lowest BCUT2D eigenvalue weighted by molar-refractivity contribution is 0.101. The lowest BCUT2D eigenvalue weighted by atomic mass is 10.1. The molecular formula is C11H11BrF2O2. The Labute approximate surface area is 101 Å². The summed E-state index contributed by atoms with van der Waals surface area (Å²) in [5.74, 6) is 0.0195. The van der Waals surface area contributed by atoms with Gasteiger partial charge in [-0.25, -0.2) is 8.78 Å². The van der Waals surface area contributed by atoms with Crippen LogP contribution >= 0.6 is 15.9 Å². The van der Waals surface area contributed by atoms with E-state index in [1.807, 2.05) is 0 Å². The Balaban J connectivity index is 3.33. The molecule has 1 aromatic rings. The van der Waals surface area contributed by atoms with Crippen LogP contribution in [0.5, 0.6) is 5.75 Å². The molecule has 0 bridgehead atoms. The molecule has 0 unspecified atom stereocenters. The minimum atomic E-state index is -2.61. The van der Waals surface area contributed by atoms with Gasteiger partial charge in [-0.15, -0.1) is 0 Å². The van der Waals surface area contributed by atoms with Crippen molar-refractivity contribution in [2.24, 2.45) is 0 Å². The van der Waals surface area contributed by atoms with Crippen molar-refractivity contribution in [2.75, 3.05) is 6.61 Å². The van der Waals surface area contributed by atoms with Gasteiger partial charge in [-0.05, 0) is 41.9 Å². The Bertz CT molecular complexity index is 405. The van der Waals surface area contributed by atoms with Crippen LogP contribution in [0.4, 0.5) is 8.78 Å². The second kappa shape index (κ2) is 5.39. The first-order valence-electron chi connectivity index (χ1n) is 4.72. The quantitative estimate of drug-likeness (QED) is 0.785. The summed E-state index contributed by atoms with van der Waals surface area (Å²) in [6, 6.07) is 2.44. The summed E-state index contributed by atoms with van der Waals surface area (Å²) in [4.78, 5) is 11.3. The zero-order valence-electron chi connectivity index (χ0n) is 8.89. The summed E-state index contributed by atoms with van der Waals surface area (Å²) in [7, 11) is 0. The summed E-state index contributed by atoms with van der Waals surface area (Å²) >= 11 is 3.13. The average molecular weight is 293 g/mol. The standard InChI is InChI=1S/C11H11BrF2O2/c1-3-16-10-8(6(2)15)4-7(11(13)14)5-9(10)12/h4-5,11H,3H2,1-2H3. The average Bonchev–Trinajstić information content (AvgIpc) is 2.20. The second-order valence-electron chi connectivity index (χ2n) is 3.17. The third kappa shape index (κ3) is 2.78. The maximum absolute atomic E-state index is 12.5. The van der Waals surface area contributed by atoms with Gasteiger partial charge in [0.05, 0.1) is 16.6 Å². The highest BCUT2D eigenvalue weighted by Gasteiger charge is 2.17. The third-order valence-corrected chi connectivity index (χ3v) is 2.57. The molecule has 0 fully saturated rings. The smallest absolute Gasteiger partial charge is 0.263 e. The molecule has 0 amide bonds. The van der Waals surface area contributed by atoms with Crippen molar-refractivity contribution in [3.8, 4) is 5.75 Å². The molecule has 0 N–H and O–H groups in total. The SMILES string of the molecule is CCOc1c(Br)cc(C(F)F)cc1C(C)=O. The maximum Gasteiger partial charge on any atom is 0.263 e. The highest BCUT2D eigenvalue weighted by Crippen LogP contribution is 2.34. The van der Waals surface area contributed by atoms with Crippen molar-refractivity contribution in [3.63, 3.8) is 0 Å². The first-order chi connectivity index (χ1) is 7.47. The van der Waals surface area contributed by atoms with Crippen molar-refractivity contribution in [2.45, 2.75) is 20.3 Å². The van der Waals surface area contributed by atoms with Crippen molar-refractivity contribution < 1.29 is 18.3 Å². The Hall–Kier alpha value is -0.970. The van der Waals surface area contributed by atoms with Crippen molar-refractivity contribution >= 4 is 21.7 Å². The molecule has 0 aliphatic rings. The van der Waals surface area contributed by atoms with Crippen LogP contribution in [0.2, 0.25) is 0 Å². The van der Waals surface area contributed by atoms with Crippen LogP contribution < -0.4 is 4.74 Å². The summed E-state index contributed by atoms with van der Waals surface area (Å²) in [5, 5.41) is 0. The van der Waals surface area contributed by atoms with Crippen LogP contribution in [-0.4, -0.2) is 12.4 Å². The zero-order chi connectivity index (χ0) is 12.3. The van der Waals surface area contributed by atoms with Crippen LogP contribution in [0.25, 0.3) is 0 Å². The summed E-state index contributed by atoms with van der Waals surface area (Å²) < 4.78 is 30.7. The molecule has 0 heterocycles. The molecule has 0 saturated heterocycles. The van der Waals surface area contributed by atoms with E-state index in [0.717, 1.165) is 0 Å². The van der Waals surface area contributed by atoms with Crippen LogP contribution in [0, 0.1) is 0 Å². The van der Waals surface area contributed by atoms with E-state index in [0.29, 0.717) is 16.8 Å². The molecule has 0 aliphatic heterocycles. The molecule has 0 atom stereocenters. The van der Waals surface area contributed by atoms with Crippen LogP contribution in [-0.2, 0) is 0 Å². The molecule has 0 spiro atoms. The topological polar surface area (TPSA) is 26.3 Å². The number of carbonyl (C=O) groups excluding carboxylic acids is 1. The maximum atomic E-state index is 12.5. The highest BCUT2D eigenvalue weighted by atomic mass is 79.9. The Kier molecular flexibility index (Phi) is 4.41. The fourth-order valence-corrected chi connectivity index (χ4v) is 1.89. The van der Waals surface area contributed by atoms with Gasteiger partial charge in [-0.1, -0.05) is 0 Å². The fourth-order valence-electron chi connectivity index (χ4n) is 1.29. The van der Waals surface area contributed by atoms with E-state index in [-0.39, 0.29) is 16.9 Å². The molecule has 2 nitrogen and oxygen atoms in total. The van der Waals surface area contributed by atoms with E-state index in [4.69, 9.17) is 4.74 Å². The number of benzene rings is 1. The number of Topliss-reactive ketones (excluding diaryl/α,β-unsaturated/α-hetero) is 1. The number of hydrogen-bond acceptors (Lipinski definition) is 2. The van der Waals surface area contributed by atoms with Gasteiger partial charge in [0, 0.05) is 5.56 Å². The lowest BCUT2D eigenvalue weighted by Gasteiger charge is -2.12. The summed E-state index contributed by atoms with van der Waals surface area (Å²) in [6.07, 6.45) is -2.61. The Morgan fingerprint density at radius 3 is 2.56 bits per heavy atom. The molecular weight excluding hydrogens is 282 g/mol. The predicted octanol–water partition coefficient (Wildman–Crippen LogP) is 3.99. The van der Waals surface area contributed by atoms with Gasteiger partial charge in [0.1, 0.15) is 5.75 Å². The van der Waals surface area contributed by atoms with Crippen LogP contribution in [0.3, 0.4) is 0 Å². The molecule has 16 heavy (non-hydrogen) atoms. The normalized spacial score (nSPS) is 10.6. The zero-order valence-corrected chi connectivity index (χ0v) is 10.5. The van der Waals surface area contributed by atoms with E-state index < -0.39 is 6.43 Å². The first-order valence-corrected chi connectivity index (χ1v) is 5.52. The van der Waals surface area contributed by atoms with Gasteiger partial charge in [0.15, 0.2) is 5.78 Å². The molecule has 0 radical (unpaired) electrons. The minimum absolute atomic E-state index is 0.173. The van der Waals surface area contributed by atoms with Gasteiger partial charge < -0.3 is 4.74 Å². The number of rotatable bonds is 4. The van der Waals surface area contributed by atoms with Gasteiger partial charge in [-0.3, -0.25) is 4.79 Å². The Morgan fingerprint density at radius 2 is 2.12 bits per heavy atom. The number of hydrogen-bond donors (Lipinski definition) is 0. The van der Waals surface area contributed by atoms with Gasteiger partial charge >= 0.3 is 0 Å². The number of ketones is 1. The van der Waals surface area contributed by atoms with Gasteiger partial charge in [0.2, 0.25) is 0 Å². The summed E-state index contributed by atoms with van der Waals surface area (Å²) in [5.41, 5.74) is -0.0212. The fraction of sp³-hybridized carbons (Fsp3) is 0.364. The molecule has 0 saturated carbocycles. The largest absolute Gasteiger partial charge is 0.492 e. The summed E-state index contributed by atoms with van der Waals surface area (Å²) in [6.45, 7) is 3.45. The minimum Gasteiger partial charge on any atom is -0.492 e. The van der Waals surface area contributed by atoms with E-state index in [1.165, 1.54) is 19.1 Å². The molecule has 0 aliphatic carbocycles. The van der Waals surface area contributed by atoms with E-state index in [1.54, 1.807) is 6.92 Å². The predicted molar refractivity (Wildman–Crippen MR) is 60.3 cm³/mol. The van der Waals surface area contributed by atoms with Gasteiger partial charge in [-0.2, -0.15) is 0 Å². The van der Waals surface area contributed by atoms with Crippen LogP contribution in [0.1, 0.15) is 36.2 Å². The highest BCUT2D eigenvalue weighted by molar-refractivity contribution is 9.10.